The van der Waals surface area contributed by atoms with Gasteiger partial charge in [-0.2, -0.15) is 0 Å². The second kappa shape index (κ2) is 4.19. The van der Waals surface area contributed by atoms with Gasteiger partial charge in [0.15, 0.2) is 0 Å². The Morgan fingerprint density at radius 3 is 2.88 bits per heavy atom. The van der Waals surface area contributed by atoms with Crippen molar-refractivity contribution in [2.75, 3.05) is 7.11 Å². The molecule has 1 aromatic heterocycles. The molecule has 1 aliphatic heterocycles. The van der Waals surface area contributed by atoms with E-state index in [2.05, 4.69) is 11.6 Å². The molecule has 0 spiro atoms. The van der Waals surface area contributed by atoms with Gasteiger partial charge < -0.3 is 14.6 Å². The van der Waals surface area contributed by atoms with Crippen molar-refractivity contribution in [2.24, 2.45) is 0 Å². The molecule has 7 heteroatoms. The summed E-state index contributed by atoms with van der Waals surface area (Å²) >= 11 is 0. The highest BCUT2D eigenvalue weighted by Gasteiger charge is 2.41. The van der Waals surface area contributed by atoms with Gasteiger partial charge in [0.1, 0.15) is 18.0 Å². The Hall–Kier alpha value is -1.86. The van der Waals surface area contributed by atoms with Crippen LogP contribution in [0, 0.1) is 0 Å². The Balaban J connectivity index is 2.43. The minimum atomic E-state index is -1.01. The van der Waals surface area contributed by atoms with E-state index in [0.717, 1.165) is 4.57 Å². The third kappa shape index (κ3) is 1.90. The van der Waals surface area contributed by atoms with E-state index >= 15 is 0 Å². The first kappa shape index (κ1) is 11.6. The zero-order valence-corrected chi connectivity index (χ0v) is 9.12. The van der Waals surface area contributed by atoms with Crippen molar-refractivity contribution in [1.82, 2.24) is 9.55 Å². The van der Waals surface area contributed by atoms with Gasteiger partial charge in [0.25, 0.3) is 5.56 Å². The number of ether oxygens (including phenoxy) is 2. The zero-order chi connectivity index (χ0) is 12.6. The second-order valence-electron chi connectivity index (χ2n) is 3.64. The number of rotatable bonds is 2. The molecule has 92 valence electrons. The van der Waals surface area contributed by atoms with E-state index < -0.39 is 29.7 Å². The second-order valence-corrected chi connectivity index (χ2v) is 3.64. The third-order valence-corrected chi connectivity index (χ3v) is 2.59. The molecule has 2 rings (SSSR count). The molecule has 7 nitrogen and oxygen atoms in total. The SMILES string of the molecule is C=C1O[C@@H](n2ccc(=O)[nH]c2=O)[C@@H](OC)C1O. The molecule has 3 atom stereocenters. The first-order valence-corrected chi connectivity index (χ1v) is 4.92. The monoisotopic (exact) mass is 240 g/mol. The average Bonchev–Trinajstić information content (AvgIpc) is 2.55. The fourth-order valence-electron chi connectivity index (χ4n) is 1.72. The topological polar surface area (TPSA) is 93.6 Å². The maximum Gasteiger partial charge on any atom is 0.331 e. The summed E-state index contributed by atoms with van der Waals surface area (Å²) in [5.74, 6) is 0.125. The number of methoxy groups -OCH3 is 1. The van der Waals surface area contributed by atoms with E-state index in [1.807, 2.05) is 0 Å². The Kier molecular flexibility index (Phi) is 2.86. The molecule has 0 aliphatic carbocycles. The van der Waals surface area contributed by atoms with Crippen molar-refractivity contribution < 1.29 is 14.6 Å². The van der Waals surface area contributed by atoms with Gasteiger partial charge in [-0.15, -0.1) is 0 Å². The van der Waals surface area contributed by atoms with Crippen molar-refractivity contribution in [3.05, 3.63) is 45.4 Å². The Bertz CT molecular complexity index is 546. The number of hydrogen-bond donors (Lipinski definition) is 2. The quantitative estimate of drug-likeness (QED) is 0.688. The minimum Gasteiger partial charge on any atom is -0.469 e. The van der Waals surface area contributed by atoms with Crippen LogP contribution in [-0.2, 0) is 9.47 Å². The number of nitrogens with zero attached hydrogens (tertiary/aromatic N) is 1. The number of nitrogens with one attached hydrogen (secondary N) is 1. The summed E-state index contributed by atoms with van der Waals surface area (Å²) in [5, 5.41) is 9.70. The van der Waals surface area contributed by atoms with Crippen LogP contribution in [0.4, 0.5) is 0 Å². The largest absolute Gasteiger partial charge is 0.469 e. The standard InChI is InChI=1S/C10H12N2O5/c1-5-7(14)8(16-2)9(17-5)12-4-3-6(13)11-10(12)15/h3-4,7-9,14H,1H2,2H3,(H,11,13,15)/t7?,8-,9+/m0/s1. The number of hydrogen-bond acceptors (Lipinski definition) is 5. The molecular weight excluding hydrogens is 228 g/mol. The molecule has 0 bridgehead atoms. The van der Waals surface area contributed by atoms with Gasteiger partial charge >= 0.3 is 5.69 Å². The molecule has 0 amide bonds. The summed E-state index contributed by atoms with van der Waals surface area (Å²) in [6.45, 7) is 3.52. The van der Waals surface area contributed by atoms with E-state index in [1.165, 1.54) is 19.4 Å². The molecular formula is C10H12N2O5. The van der Waals surface area contributed by atoms with Crippen LogP contribution in [0.3, 0.4) is 0 Å². The van der Waals surface area contributed by atoms with Crippen molar-refractivity contribution in [3.63, 3.8) is 0 Å². The van der Waals surface area contributed by atoms with Gasteiger partial charge in [-0.05, 0) is 0 Å². The van der Waals surface area contributed by atoms with Gasteiger partial charge in [0.2, 0.25) is 6.23 Å². The van der Waals surface area contributed by atoms with Crippen molar-refractivity contribution in [1.29, 1.82) is 0 Å². The number of aliphatic hydroxyl groups is 1. The first-order valence-electron chi connectivity index (χ1n) is 4.92. The normalized spacial score (nSPS) is 28.1. The highest BCUT2D eigenvalue weighted by atomic mass is 16.6. The molecule has 1 saturated heterocycles. The molecule has 0 aromatic carbocycles. The highest BCUT2D eigenvalue weighted by Crippen LogP contribution is 2.31. The smallest absolute Gasteiger partial charge is 0.331 e. The van der Waals surface area contributed by atoms with Crippen LogP contribution in [0.1, 0.15) is 6.23 Å². The van der Waals surface area contributed by atoms with Crippen molar-refractivity contribution in [3.8, 4) is 0 Å². The van der Waals surface area contributed by atoms with Crippen LogP contribution >= 0.6 is 0 Å². The van der Waals surface area contributed by atoms with Gasteiger partial charge in [-0.25, -0.2) is 4.79 Å². The van der Waals surface area contributed by atoms with Gasteiger partial charge in [-0.3, -0.25) is 14.3 Å². The van der Waals surface area contributed by atoms with Crippen LogP contribution in [0.5, 0.6) is 0 Å². The summed E-state index contributed by atoms with van der Waals surface area (Å²) < 4.78 is 11.4. The molecule has 0 radical (unpaired) electrons. The number of aliphatic hydroxyl groups excluding tert-OH is 1. The van der Waals surface area contributed by atoms with E-state index in [4.69, 9.17) is 9.47 Å². The van der Waals surface area contributed by atoms with E-state index in [9.17, 15) is 14.7 Å². The summed E-state index contributed by atoms with van der Waals surface area (Å²) in [5.41, 5.74) is -1.14. The maximum absolute atomic E-state index is 11.6. The Labute approximate surface area is 95.9 Å². The van der Waals surface area contributed by atoms with Crippen LogP contribution in [0.25, 0.3) is 0 Å². The predicted octanol–water partition coefficient (Wildman–Crippen LogP) is -1.05. The van der Waals surface area contributed by atoms with Gasteiger partial charge in [-0.1, -0.05) is 6.58 Å². The number of aromatic amines is 1. The molecule has 17 heavy (non-hydrogen) atoms. The van der Waals surface area contributed by atoms with E-state index in [1.54, 1.807) is 0 Å². The maximum atomic E-state index is 11.6. The fourth-order valence-corrected chi connectivity index (χ4v) is 1.72. The number of aromatic nitrogens is 2. The van der Waals surface area contributed by atoms with E-state index in [-0.39, 0.29) is 5.76 Å². The number of H-pyrrole nitrogens is 1. The van der Waals surface area contributed by atoms with Gasteiger partial charge in [0, 0.05) is 19.4 Å². The van der Waals surface area contributed by atoms with Gasteiger partial charge in [0.05, 0.1) is 0 Å². The molecule has 1 aromatic rings. The molecule has 2 N–H and O–H groups in total. The van der Waals surface area contributed by atoms with Crippen LogP contribution in [0.2, 0.25) is 0 Å². The fraction of sp³-hybridized carbons (Fsp3) is 0.400. The lowest BCUT2D eigenvalue weighted by molar-refractivity contribution is -0.0430. The lowest BCUT2D eigenvalue weighted by Gasteiger charge is -2.19. The van der Waals surface area contributed by atoms with E-state index in [0.29, 0.717) is 0 Å². The van der Waals surface area contributed by atoms with Crippen molar-refractivity contribution in [2.45, 2.75) is 18.4 Å². The first-order chi connectivity index (χ1) is 8.04. The minimum absolute atomic E-state index is 0.125. The third-order valence-electron chi connectivity index (χ3n) is 2.59. The van der Waals surface area contributed by atoms with Crippen LogP contribution < -0.4 is 11.2 Å². The average molecular weight is 240 g/mol. The zero-order valence-electron chi connectivity index (χ0n) is 9.12. The van der Waals surface area contributed by atoms with Crippen LogP contribution in [0.15, 0.2) is 34.2 Å². The molecule has 2 heterocycles. The Morgan fingerprint density at radius 1 is 1.59 bits per heavy atom. The summed E-state index contributed by atoms with van der Waals surface area (Å²) in [6.07, 6.45) is -1.31. The lowest BCUT2D eigenvalue weighted by Crippen LogP contribution is -2.38. The Morgan fingerprint density at radius 2 is 2.29 bits per heavy atom. The predicted molar refractivity (Wildman–Crippen MR) is 57.4 cm³/mol. The van der Waals surface area contributed by atoms with Crippen molar-refractivity contribution >= 4 is 0 Å². The summed E-state index contributed by atoms with van der Waals surface area (Å²) in [4.78, 5) is 24.6. The highest BCUT2D eigenvalue weighted by molar-refractivity contribution is 5.05. The molecule has 1 unspecified atom stereocenters. The summed E-state index contributed by atoms with van der Waals surface area (Å²) in [7, 11) is 1.39. The molecule has 1 aliphatic rings. The summed E-state index contributed by atoms with van der Waals surface area (Å²) in [6, 6.07) is 1.19. The molecule has 0 saturated carbocycles. The molecule has 1 fully saturated rings. The lowest BCUT2D eigenvalue weighted by atomic mass is 10.2. The van der Waals surface area contributed by atoms with Crippen LogP contribution in [-0.4, -0.2) is 34.0 Å².